The molecule has 0 bridgehead atoms. The number of carbonyl (C=O) groups is 1. The maximum absolute atomic E-state index is 13.3. The highest BCUT2D eigenvalue weighted by atomic mass is 16.5. The number of fused-ring (bicyclic) bond motifs is 3. The van der Waals surface area contributed by atoms with E-state index in [2.05, 4.69) is 0 Å². The van der Waals surface area contributed by atoms with Gasteiger partial charge in [0.05, 0.1) is 21.3 Å². The standard InChI is InChI=1S/C26H25NO6/c1-30-19-8-4-17(5-9-19)26-21-15-23(32-3)22(31-2)14-16(21)12-13-27(26)25(29)24(26)33-20-10-6-18(28)7-11-20/h4-11,14-15,24,28H,12-13H2,1-3H3/t24-,26+/m1/s1. The van der Waals surface area contributed by atoms with Gasteiger partial charge in [-0.3, -0.25) is 4.79 Å². The molecular formula is C26H25NO6. The van der Waals surface area contributed by atoms with Crippen LogP contribution in [-0.2, 0) is 16.8 Å². The van der Waals surface area contributed by atoms with Crippen LogP contribution in [-0.4, -0.2) is 49.9 Å². The van der Waals surface area contributed by atoms with Crippen LogP contribution >= 0.6 is 0 Å². The molecule has 0 radical (unpaired) electrons. The van der Waals surface area contributed by atoms with E-state index in [1.165, 1.54) is 0 Å². The molecule has 0 saturated carbocycles. The second-order valence-electron chi connectivity index (χ2n) is 8.09. The molecule has 1 N–H and O–H groups in total. The average Bonchev–Trinajstić information content (AvgIpc) is 2.86. The lowest BCUT2D eigenvalue weighted by molar-refractivity contribution is -0.178. The van der Waals surface area contributed by atoms with Crippen molar-refractivity contribution in [2.45, 2.75) is 18.1 Å². The van der Waals surface area contributed by atoms with Gasteiger partial charge in [0.1, 0.15) is 22.8 Å². The first-order valence-corrected chi connectivity index (χ1v) is 10.7. The number of nitrogens with zero attached hydrogens (tertiary/aromatic N) is 1. The summed E-state index contributed by atoms with van der Waals surface area (Å²) in [6, 6.07) is 18.0. The van der Waals surface area contributed by atoms with E-state index in [0.717, 1.165) is 22.4 Å². The molecule has 2 heterocycles. The number of β-lactam (4-membered cyclic amide) rings is 1. The SMILES string of the molecule is COc1ccc([C@@]23c4cc(OC)c(OC)cc4CCN2C(=O)[C@H]3Oc2ccc(O)cc2)cc1. The predicted octanol–water partition coefficient (Wildman–Crippen LogP) is 3.51. The number of phenols is 1. The van der Waals surface area contributed by atoms with Gasteiger partial charge in [0.25, 0.3) is 5.91 Å². The fourth-order valence-electron chi connectivity index (χ4n) is 4.96. The van der Waals surface area contributed by atoms with Crippen LogP contribution in [0.1, 0.15) is 16.7 Å². The van der Waals surface area contributed by atoms with Crippen molar-refractivity contribution in [3.63, 3.8) is 0 Å². The summed E-state index contributed by atoms with van der Waals surface area (Å²) in [5.41, 5.74) is 2.10. The number of ether oxygens (including phenoxy) is 4. The normalized spacial score (nSPS) is 20.9. The van der Waals surface area contributed by atoms with Crippen LogP contribution in [0.4, 0.5) is 0 Å². The number of rotatable bonds is 6. The Morgan fingerprint density at radius 2 is 1.52 bits per heavy atom. The summed E-state index contributed by atoms with van der Waals surface area (Å²) < 4.78 is 22.8. The minimum Gasteiger partial charge on any atom is -0.508 e. The van der Waals surface area contributed by atoms with Gasteiger partial charge in [0, 0.05) is 6.54 Å². The van der Waals surface area contributed by atoms with Crippen molar-refractivity contribution in [1.82, 2.24) is 4.90 Å². The van der Waals surface area contributed by atoms with Gasteiger partial charge in [0.2, 0.25) is 6.10 Å². The molecule has 170 valence electrons. The van der Waals surface area contributed by atoms with Gasteiger partial charge in [0.15, 0.2) is 11.5 Å². The second kappa shape index (κ2) is 7.92. The third-order valence-electron chi connectivity index (χ3n) is 6.54. The number of benzene rings is 3. The fourth-order valence-corrected chi connectivity index (χ4v) is 4.96. The molecule has 2 atom stereocenters. The molecule has 3 aromatic rings. The van der Waals surface area contributed by atoms with Gasteiger partial charge in [-0.05, 0) is 71.6 Å². The Morgan fingerprint density at radius 1 is 0.879 bits per heavy atom. The van der Waals surface area contributed by atoms with Crippen molar-refractivity contribution in [2.75, 3.05) is 27.9 Å². The van der Waals surface area contributed by atoms with E-state index < -0.39 is 11.6 Å². The lowest BCUT2D eigenvalue weighted by Gasteiger charge is -2.59. The summed E-state index contributed by atoms with van der Waals surface area (Å²) >= 11 is 0. The van der Waals surface area contributed by atoms with Crippen LogP contribution < -0.4 is 18.9 Å². The lowest BCUT2D eigenvalue weighted by Crippen LogP contribution is -2.76. The van der Waals surface area contributed by atoms with Crippen molar-refractivity contribution in [3.05, 3.63) is 77.4 Å². The third kappa shape index (κ3) is 3.07. The van der Waals surface area contributed by atoms with E-state index >= 15 is 0 Å². The average molecular weight is 447 g/mol. The van der Waals surface area contributed by atoms with Crippen LogP contribution in [0.3, 0.4) is 0 Å². The number of carbonyl (C=O) groups excluding carboxylic acids is 1. The summed E-state index contributed by atoms with van der Waals surface area (Å²) in [7, 11) is 4.83. The Bertz CT molecular complexity index is 1190. The second-order valence-corrected chi connectivity index (χ2v) is 8.09. The van der Waals surface area contributed by atoms with Gasteiger partial charge in [-0.1, -0.05) is 12.1 Å². The van der Waals surface area contributed by atoms with E-state index in [4.69, 9.17) is 18.9 Å². The van der Waals surface area contributed by atoms with Crippen LogP contribution in [0.25, 0.3) is 0 Å². The van der Waals surface area contributed by atoms with Crippen molar-refractivity contribution >= 4 is 5.91 Å². The zero-order valence-electron chi connectivity index (χ0n) is 18.7. The summed E-state index contributed by atoms with van der Waals surface area (Å²) in [5.74, 6) is 2.52. The van der Waals surface area contributed by atoms with Crippen molar-refractivity contribution in [3.8, 4) is 28.7 Å². The highest BCUT2D eigenvalue weighted by Gasteiger charge is 2.66. The van der Waals surface area contributed by atoms with Gasteiger partial charge in [-0.2, -0.15) is 0 Å². The minimum atomic E-state index is -0.839. The fraction of sp³-hybridized carbons (Fsp3) is 0.269. The monoisotopic (exact) mass is 447 g/mol. The quantitative estimate of drug-likeness (QED) is 0.583. The Balaban J connectivity index is 1.70. The van der Waals surface area contributed by atoms with E-state index in [1.807, 2.05) is 41.3 Å². The molecule has 1 fully saturated rings. The zero-order chi connectivity index (χ0) is 23.2. The van der Waals surface area contributed by atoms with E-state index in [9.17, 15) is 9.90 Å². The van der Waals surface area contributed by atoms with Gasteiger partial charge in [-0.15, -0.1) is 0 Å². The molecule has 0 unspecified atom stereocenters. The van der Waals surface area contributed by atoms with Crippen molar-refractivity contribution in [1.29, 1.82) is 0 Å². The zero-order valence-corrected chi connectivity index (χ0v) is 18.7. The number of methoxy groups -OCH3 is 3. The maximum Gasteiger partial charge on any atom is 0.268 e. The molecule has 0 spiro atoms. The van der Waals surface area contributed by atoms with E-state index in [0.29, 0.717) is 30.2 Å². The molecule has 1 amide bonds. The number of hydrogen-bond acceptors (Lipinski definition) is 6. The van der Waals surface area contributed by atoms with Crippen molar-refractivity contribution < 1.29 is 28.8 Å². The molecule has 2 aliphatic heterocycles. The number of amides is 1. The number of phenolic OH excluding ortho intramolecular Hbond substituents is 1. The molecule has 3 aromatic carbocycles. The molecule has 5 rings (SSSR count). The van der Waals surface area contributed by atoms with Gasteiger partial charge in [-0.25, -0.2) is 0 Å². The minimum absolute atomic E-state index is 0.0840. The van der Waals surface area contributed by atoms with Crippen molar-refractivity contribution in [2.24, 2.45) is 0 Å². The highest BCUT2D eigenvalue weighted by molar-refractivity contribution is 5.94. The summed E-state index contributed by atoms with van der Waals surface area (Å²) in [6.45, 7) is 0.558. The van der Waals surface area contributed by atoms with Gasteiger partial charge >= 0.3 is 0 Å². The number of aromatic hydroxyl groups is 1. The molecular weight excluding hydrogens is 422 g/mol. The number of hydrogen-bond donors (Lipinski definition) is 1. The Labute approximate surface area is 192 Å². The Morgan fingerprint density at radius 3 is 2.15 bits per heavy atom. The molecule has 7 nitrogen and oxygen atoms in total. The Hall–Kier alpha value is -3.87. The molecule has 0 aliphatic carbocycles. The molecule has 1 saturated heterocycles. The van der Waals surface area contributed by atoms with Crippen LogP contribution in [0.15, 0.2) is 60.7 Å². The first-order valence-electron chi connectivity index (χ1n) is 10.7. The summed E-state index contributed by atoms with van der Waals surface area (Å²) in [5, 5.41) is 9.65. The van der Waals surface area contributed by atoms with Crippen LogP contribution in [0.2, 0.25) is 0 Å². The summed E-state index contributed by atoms with van der Waals surface area (Å²) in [6.07, 6.45) is -0.0850. The summed E-state index contributed by atoms with van der Waals surface area (Å²) in [4.78, 5) is 15.2. The Kier molecular flexibility index (Phi) is 5.04. The molecule has 2 aliphatic rings. The molecule has 0 aromatic heterocycles. The van der Waals surface area contributed by atoms with Crippen LogP contribution in [0.5, 0.6) is 28.7 Å². The maximum atomic E-state index is 13.3. The van der Waals surface area contributed by atoms with E-state index in [1.54, 1.807) is 45.6 Å². The lowest BCUT2D eigenvalue weighted by atomic mass is 9.66. The first-order chi connectivity index (χ1) is 16.0. The molecule has 33 heavy (non-hydrogen) atoms. The third-order valence-corrected chi connectivity index (χ3v) is 6.54. The predicted molar refractivity (Wildman–Crippen MR) is 121 cm³/mol. The smallest absolute Gasteiger partial charge is 0.268 e. The van der Waals surface area contributed by atoms with E-state index in [-0.39, 0.29) is 11.7 Å². The topological polar surface area (TPSA) is 77.5 Å². The largest absolute Gasteiger partial charge is 0.508 e. The highest BCUT2D eigenvalue weighted by Crippen LogP contribution is 2.54. The molecule has 7 heteroatoms. The van der Waals surface area contributed by atoms with Gasteiger partial charge < -0.3 is 29.0 Å². The van der Waals surface area contributed by atoms with Crippen LogP contribution in [0, 0.1) is 0 Å². The first kappa shape index (κ1) is 21.0.